The van der Waals surface area contributed by atoms with Gasteiger partial charge in [-0.15, -0.1) is 0 Å². The van der Waals surface area contributed by atoms with E-state index in [9.17, 15) is 9.59 Å². The van der Waals surface area contributed by atoms with Crippen LogP contribution < -0.4 is 15.5 Å². The molecule has 0 radical (unpaired) electrons. The number of amides is 1. The van der Waals surface area contributed by atoms with E-state index in [2.05, 4.69) is 38.5 Å². The fourth-order valence-electron chi connectivity index (χ4n) is 4.08. The number of fused-ring (bicyclic) bond motifs is 1. The maximum Gasteiger partial charge on any atom is 0.223 e. The number of nitrogens with zero attached hydrogens (tertiary/aromatic N) is 2. The number of aromatic nitrogens is 2. The SMILES string of the molecule is CCCCNC(=O)C(CC(=O)c1cnc(N2CCNCC2)s1)Cc1c[nH]c2ccccc12. The number of Topliss-reactive ketones (excluding diaryl/α,β-unsaturated/α-hetero) is 1. The molecule has 7 nitrogen and oxygen atoms in total. The lowest BCUT2D eigenvalue weighted by Crippen LogP contribution is -2.43. The van der Waals surface area contributed by atoms with Crippen LogP contribution in [-0.2, 0) is 11.2 Å². The molecule has 1 unspecified atom stereocenters. The Morgan fingerprint density at radius 1 is 1.25 bits per heavy atom. The summed E-state index contributed by atoms with van der Waals surface area (Å²) in [6, 6.07) is 8.06. The van der Waals surface area contributed by atoms with Crippen molar-refractivity contribution in [3.8, 4) is 0 Å². The number of hydrogen-bond acceptors (Lipinski definition) is 6. The van der Waals surface area contributed by atoms with E-state index < -0.39 is 5.92 Å². The van der Waals surface area contributed by atoms with Crippen molar-refractivity contribution in [2.45, 2.75) is 32.6 Å². The molecule has 3 N–H and O–H groups in total. The number of aromatic amines is 1. The second kappa shape index (κ2) is 10.7. The molecule has 0 spiro atoms. The number of para-hydroxylation sites is 1. The second-order valence-corrected chi connectivity index (χ2v) is 9.29. The molecule has 0 bridgehead atoms. The van der Waals surface area contributed by atoms with Crippen LogP contribution in [0.3, 0.4) is 0 Å². The number of H-pyrrole nitrogens is 1. The van der Waals surface area contributed by atoms with Crippen molar-refractivity contribution in [1.29, 1.82) is 0 Å². The van der Waals surface area contributed by atoms with Crippen molar-refractivity contribution in [2.75, 3.05) is 37.6 Å². The molecule has 32 heavy (non-hydrogen) atoms. The number of rotatable bonds is 10. The Balaban J connectivity index is 1.48. The van der Waals surface area contributed by atoms with E-state index in [1.165, 1.54) is 11.3 Å². The number of nitrogens with one attached hydrogen (secondary N) is 3. The van der Waals surface area contributed by atoms with Crippen LogP contribution in [0.4, 0.5) is 5.13 Å². The highest BCUT2D eigenvalue weighted by atomic mass is 32.1. The smallest absolute Gasteiger partial charge is 0.223 e. The number of anilines is 1. The van der Waals surface area contributed by atoms with Crippen molar-refractivity contribution in [3.05, 3.63) is 47.1 Å². The summed E-state index contributed by atoms with van der Waals surface area (Å²) in [4.78, 5) is 36.7. The molecule has 3 aromatic rings. The standard InChI is InChI=1S/C24H31N5O2S/c1-2-3-8-26-23(31)17(13-18-15-27-20-7-5-4-6-19(18)20)14-21(30)22-16-28-24(32-22)29-11-9-25-10-12-29/h4-7,15-17,25,27H,2-3,8-14H2,1H3,(H,26,31). The van der Waals surface area contributed by atoms with Crippen LogP contribution in [0.25, 0.3) is 10.9 Å². The summed E-state index contributed by atoms with van der Waals surface area (Å²) in [6.45, 7) is 6.37. The fraction of sp³-hybridized carbons (Fsp3) is 0.458. The molecule has 2 aromatic heterocycles. The summed E-state index contributed by atoms with van der Waals surface area (Å²) >= 11 is 1.43. The Labute approximate surface area is 192 Å². The molecule has 0 saturated carbocycles. The van der Waals surface area contributed by atoms with Crippen molar-refractivity contribution in [3.63, 3.8) is 0 Å². The predicted octanol–water partition coefficient (Wildman–Crippen LogP) is 3.38. The van der Waals surface area contributed by atoms with Gasteiger partial charge in [-0.2, -0.15) is 0 Å². The number of carbonyl (C=O) groups excluding carboxylic acids is 2. The number of ketones is 1. The molecule has 1 amide bonds. The largest absolute Gasteiger partial charge is 0.361 e. The maximum absolute atomic E-state index is 13.1. The Morgan fingerprint density at radius 2 is 2.06 bits per heavy atom. The van der Waals surface area contributed by atoms with Gasteiger partial charge in [-0.25, -0.2) is 4.98 Å². The third-order valence-corrected chi connectivity index (χ3v) is 7.03. The maximum atomic E-state index is 13.1. The van der Waals surface area contributed by atoms with Crippen LogP contribution in [0.2, 0.25) is 0 Å². The number of unbranched alkanes of at least 4 members (excludes halogenated alkanes) is 1. The van der Waals surface area contributed by atoms with Gasteiger partial charge in [0.25, 0.3) is 0 Å². The monoisotopic (exact) mass is 453 g/mol. The van der Waals surface area contributed by atoms with Crippen LogP contribution in [0, 0.1) is 5.92 Å². The van der Waals surface area contributed by atoms with Gasteiger partial charge in [0.15, 0.2) is 10.9 Å². The summed E-state index contributed by atoms with van der Waals surface area (Å²) in [5.41, 5.74) is 2.11. The third-order valence-electron chi connectivity index (χ3n) is 5.93. The van der Waals surface area contributed by atoms with E-state index in [0.717, 1.165) is 60.6 Å². The van der Waals surface area contributed by atoms with Gasteiger partial charge in [-0.1, -0.05) is 42.9 Å². The van der Waals surface area contributed by atoms with Crippen molar-refractivity contribution < 1.29 is 9.59 Å². The summed E-state index contributed by atoms with van der Waals surface area (Å²) < 4.78 is 0. The van der Waals surface area contributed by atoms with E-state index in [-0.39, 0.29) is 18.1 Å². The predicted molar refractivity (Wildman–Crippen MR) is 130 cm³/mol. The molecule has 0 aliphatic carbocycles. The summed E-state index contributed by atoms with van der Waals surface area (Å²) in [6.07, 6.45) is 6.28. The lowest BCUT2D eigenvalue weighted by molar-refractivity contribution is -0.124. The third kappa shape index (κ3) is 5.37. The van der Waals surface area contributed by atoms with E-state index in [0.29, 0.717) is 17.8 Å². The molecule has 1 aromatic carbocycles. The lowest BCUT2D eigenvalue weighted by Gasteiger charge is -2.26. The number of benzene rings is 1. The van der Waals surface area contributed by atoms with E-state index >= 15 is 0 Å². The zero-order chi connectivity index (χ0) is 22.3. The van der Waals surface area contributed by atoms with Crippen molar-refractivity contribution >= 4 is 39.1 Å². The average molecular weight is 454 g/mol. The van der Waals surface area contributed by atoms with Gasteiger partial charge in [-0.3, -0.25) is 9.59 Å². The van der Waals surface area contributed by atoms with Gasteiger partial charge in [0.05, 0.1) is 11.1 Å². The topological polar surface area (TPSA) is 90.1 Å². The normalized spacial score (nSPS) is 15.1. The quantitative estimate of drug-likeness (QED) is 0.323. The number of carbonyl (C=O) groups is 2. The molecular formula is C24H31N5O2S. The lowest BCUT2D eigenvalue weighted by atomic mass is 9.92. The first-order valence-electron chi connectivity index (χ1n) is 11.4. The molecule has 1 aliphatic rings. The minimum atomic E-state index is -0.414. The van der Waals surface area contributed by atoms with Gasteiger partial charge >= 0.3 is 0 Å². The highest BCUT2D eigenvalue weighted by Crippen LogP contribution is 2.27. The Bertz CT molecular complexity index is 1050. The van der Waals surface area contributed by atoms with Crippen LogP contribution in [0.1, 0.15) is 41.4 Å². The molecule has 170 valence electrons. The zero-order valence-corrected chi connectivity index (χ0v) is 19.3. The summed E-state index contributed by atoms with van der Waals surface area (Å²) in [5.74, 6) is -0.480. The van der Waals surface area contributed by atoms with E-state index in [1.54, 1.807) is 6.20 Å². The van der Waals surface area contributed by atoms with Gasteiger partial charge in [-0.05, 0) is 24.5 Å². The Hall–Kier alpha value is -2.71. The van der Waals surface area contributed by atoms with Crippen LogP contribution in [-0.4, -0.2) is 54.4 Å². The first-order chi connectivity index (χ1) is 15.7. The first kappa shape index (κ1) is 22.5. The summed E-state index contributed by atoms with van der Waals surface area (Å²) in [7, 11) is 0. The van der Waals surface area contributed by atoms with Gasteiger partial charge in [0.2, 0.25) is 5.91 Å². The van der Waals surface area contributed by atoms with Gasteiger partial charge in [0.1, 0.15) is 0 Å². The zero-order valence-electron chi connectivity index (χ0n) is 18.5. The number of piperazine rings is 1. The average Bonchev–Trinajstić information content (AvgIpc) is 3.47. The van der Waals surface area contributed by atoms with Gasteiger partial charge in [0, 0.05) is 62.2 Å². The molecule has 8 heteroatoms. The highest BCUT2D eigenvalue weighted by Gasteiger charge is 2.26. The number of thiazole rings is 1. The molecule has 1 fully saturated rings. The molecule has 4 rings (SSSR count). The molecule has 1 atom stereocenters. The molecule has 1 aliphatic heterocycles. The fourth-order valence-corrected chi connectivity index (χ4v) is 4.99. The number of hydrogen-bond donors (Lipinski definition) is 3. The van der Waals surface area contributed by atoms with Crippen LogP contribution >= 0.6 is 11.3 Å². The molecular weight excluding hydrogens is 422 g/mol. The van der Waals surface area contributed by atoms with Crippen molar-refractivity contribution in [1.82, 2.24) is 20.6 Å². The summed E-state index contributed by atoms with van der Waals surface area (Å²) in [5, 5.41) is 8.34. The Morgan fingerprint density at radius 3 is 2.88 bits per heavy atom. The van der Waals surface area contributed by atoms with Gasteiger partial charge < -0.3 is 20.5 Å². The van der Waals surface area contributed by atoms with E-state index in [1.807, 2.05) is 24.4 Å². The van der Waals surface area contributed by atoms with Crippen LogP contribution in [0.15, 0.2) is 36.7 Å². The first-order valence-corrected chi connectivity index (χ1v) is 12.2. The molecule has 3 heterocycles. The van der Waals surface area contributed by atoms with Crippen LogP contribution in [0.5, 0.6) is 0 Å². The van der Waals surface area contributed by atoms with Crippen molar-refractivity contribution in [2.24, 2.45) is 5.92 Å². The second-order valence-electron chi connectivity index (χ2n) is 8.28. The minimum Gasteiger partial charge on any atom is -0.361 e. The molecule has 1 saturated heterocycles. The Kier molecular flexibility index (Phi) is 7.55. The van der Waals surface area contributed by atoms with E-state index in [4.69, 9.17) is 0 Å². The highest BCUT2D eigenvalue weighted by molar-refractivity contribution is 7.17. The minimum absolute atomic E-state index is 0.0145.